The summed E-state index contributed by atoms with van der Waals surface area (Å²) in [5.41, 5.74) is 3.32. The fourth-order valence-corrected chi connectivity index (χ4v) is 3.76. The second-order valence-electron chi connectivity index (χ2n) is 6.25. The monoisotopic (exact) mass is 356 g/mol. The molecule has 3 aromatic carbocycles. The largest absolute Gasteiger partial charge is 0.288 e. The molecule has 0 amide bonds. The van der Waals surface area contributed by atoms with Gasteiger partial charge in [-0.1, -0.05) is 65.9 Å². The van der Waals surface area contributed by atoms with Gasteiger partial charge in [0.15, 0.2) is 11.6 Å². The lowest BCUT2D eigenvalue weighted by molar-refractivity contribution is 0.0990. The fourth-order valence-electron chi connectivity index (χ4n) is 2.94. The van der Waals surface area contributed by atoms with Crippen LogP contribution in [0.3, 0.4) is 0 Å². The molecule has 2 nitrogen and oxygen atoms in total. The van der Waals surface area contributed by atoms with Crippen molar-refractivity contribution in [3.63, 3.8) is 0 Å². The van der Waals surface area contributed by atoms with Crippen molar-refractivity contribution in [2.24, 2.45) is 0 Å². The minimum absolute atomic E-state index is 0.191. The number of aryl methyl sites for hydroxylation is 1. The summed E-state index contributed by atoms with van der Waals surface area (Å²) in [7, 11) is 0. The van der Waals surface area contributed by atoms with Crippen LogP contribution in [0.2, 0.25) is 0 Å². The molecule has 0 spiro atoms. The van der Waals surface area contributed by atoms with E-state index in [9.17, 15) is 9.59 Å². The molecule has 3 aromatic rings. The molecule has 0 aromatic heterocycles. The van der Waals surface area contributed by atoms with Crippen LogP contribution in [0, 0.1) is 6.92 Å². The SMILES string of the molecule is Cc1ccc(Sc2ccc(C=C3C(=O)c4ccccc4C3=O)cc2)cc1. The molecule has 0 saturated carbocycles. The molecule has 0 fully saturated rings. The van der Waals surface area contributed by atoms with Gasteiger partial charge in [-0.3, -0.25) is 9.59 Å². The number of ketones is 2. The van der Waals surface area contributed by atoms with Crippen LogP contribution in [0.4, 0.5) is 0 Å². The number of fused-ring (bicyclic) bond motifs is 1. The molecule has 0 heterocycles. The number of Topliss-reactive ketones (excluding diaryl/α,β-unsaturated/α-hetero) is 2. The smallest absolute Gasteiger partial charge is 0.197 e. The Labute approximate surface area is 156 Å². The van der Waals surface area contributed by atoms with Gasteiger partial charge in [0.25, 0.3) is 0 Å². The Kier molecular flexibility index (Phi) is 4.31. The summed E-state index contributed by atoms with van der Waals surface area (Å²) in [6.45, 7) is 2.07. The summed E-state index contributed by atoms with van der Waals surface area (Å²) in [5, 5.41) is 0. The van der Waals surface area contributed by atoms with Crippen LogP contribution in [0.15, 0.2) is 88.2 Å². The van der Waals surface area contributed by atoms with Gasteiger partial charge in [0.1, 0.15) is 0 Å². The first-order valence-electron chi connectivity index (χ1n) is 8.36. The van der Waals surface area contributed by atoms with Crippen LogP contribution in [0.25, 0.3) is 6.08 Å². The van der Waals surface area contributed by atoms with Crippen LogP contribution in [0.1, 0.15) is 31.8 Å². The zero-order chi connectivity index (χ0) is 18.1. The Morgan fingerprint density at radius 3 is 1.73 bits per heavy atom. The highest BCUT2D eigenvalue weighted by atomic mass is 32.2. The van der Waals surface area contributed by atoms with Crippen molar-refractivity contribution in [2.45, 2.75) is 16.7 Å². The normalized spacial score (nSPS) is 13.0. The molecule has 1 aliphatic rings. The molecular formula is C23H16O2S. The molecule has 4 rings (SSSR count). The Hall–Kier alpha value is -2.91. The predicted octanol–water partition coefficient (Wildman–Crippen LogP) is 5.61. The van der Waals surface area contributed by atoms with E-state index in [1.54, 1.807) is 42.1 Å². The predicted molar refractivity (Wildman–Crippen MR) is 105 cm³/mol. The number of carbonyl (C=O) groups excluding carboxylic acids is 2. The number of carbonyl (C=O) groups is 2. The highest BCUT2D eigenvalue weighted by Gasteiger charge is 2.32. The summed E-state index contributed by atoms with van der Waals surface area (Å²) in [6.07, 6.45) is 1.69. The average molecular weight is 356 g/mol. The summed E-state index contributed by atoms with van der Waals surface area (Å²) >= 11 is 1.68. The molecule has 0 aliphatic heterocycles. The van der Waals surface area contributed by atoms with E-state index >= 15 is 0 Å². The lowest BCUT2D eigenvalue weighted by Crippen LogP contribution is -2.00. The van der Waals surface area contributed by atoms with Gasteiger partial charge in [-0.15, -0.1) is 0 Å². The lowest BCUT2D eigenvalue weighted by atomic mass is 10.1. The van der Waals surface area contributed by atoms with Crippen LogP contribution in [0.5, 0.6) is 0 Å². The number of hydrogen-bond donors (Lipinski definition) is 0. The van der Waals surface area contributed by atoms with Crippen molar-refractivity contribution < 1.29 is 9.59 Å². The van der Waals surface area contributed by atoms with E-state index in [1.165, 1.54) is 10.5 Å². The highest BCUT2D eigenvalue weighted by molar-refractivity contribution is 7.99. The third kappa shape index (κ3) is 3.14. The molecule has 0 bridgehead atoms. The first kappa shape index (κ1) is 16.6. The van der Waals surface area contributed by atoms with Crippen molar-refractivity contribution >= 4 is 29.4 Å². The van der Waals surface area contributed by atoms with Crippen LogP contribution < -0.4 is 0 Å². The summed E-state index contributed by atoms with van der Waals surface area (Å²) < 4.78 is 0. The van der Waals surface area contributed by atoms with Crippen molar-refractivity contribution in [3.8, 4) is 0 Å². The molecule has 0 atom stereocenters. The number of hydrogen-bond acceptors (Lipinski definition) is 3. The molecule has 0 unspecified atom stereocenters. The number of allylic oxidation sites excluding steroid dienone is 1. The molecule has 126 valence electrons. The van der Waals surface area contributed by atoms with E-state index in [1.807, 2.05) is 24.3 Å². The van der Waals surface area contributed by atoms with Gasteiger partial charge < -0.3 is 0 Å². The van der Waals surface area contributed by atoms with E-state index in [0.29, 0.717) is 11.1 Å². The standard InChI is InChI=1S/C23H16O2S/c1-15-6-10-17(11-7-15)26-18-12-8-16(9-13-18)14-21-22(24)19-4-2-3-5-20(19)23(21)25/h2-14H,1H3. The van der Waals surface area contributed by atoms with E-state index in [-0.39, 0.29) is 17.1 Å². The zero-order valence-electron chi connectivity index (χ0n) is 14.2. The topological polar surface area (TPSA) is 34.1 Å². The van der Waals surface area contributed by atoms with Gasteiger partial charge in [-0.25, -0.2) is 0 Å². The van der Waals surface area contributed by atoms with Gasteiger partial charge >= 0.3 is 0 Å². The Morgan fingerprint density at radius 2 is 1.19 bits per heavy atom. The maximum atomic E-state index is 12.5. The molecule has 0 radical (unpaired) electrons. The highest BCUT2D eigenvalue weighted by Crippen LogP contribution is 2.30. The third-order valence-corrected chi connectivity index (χ3v) is 5.37. The minimum Gasteiger partial charge on any atom is -0.288 e. The lowest BCUT2D eigenvalue weighted by Gasteiger charge is -2.03. The number of rotatable bonds is 3. The average Bonchev–Trinajstić information content (AvgIpc) is 2.90. The minimum atomic E-state index is -0.191. The van der Waals surface area contributed by atoms with Gasteiger partial charge in [-0.05, 0) is 42.8 Å². The van der Waals surface area contributed by atoms with Crippen LogP contribution in [-0.2, 0) is 0 Å². The second kappa shape index (κ2) is 6.77. The fraction of sp³-hybridized carbons (Fsp3) is 0.0435. The maximum Gasteiger partial charge on any atom is 0.197 e. The van der Waals surface area contributed by atoms with Crippen molar-refractivity contribution in [1.82, 2.24) is 0 Å². The van der Waals surface area contributed by atoms with Gasteiger partial charge in [0.05, 0.1) is 5.57 Å². The molecule has 0 N–H and O–H groups in total. The zero-order valence-corrected chi connectivity index (χ0v) is 15.0. The molecule has 0 saturated heterocycles. The summed E-state index contributed by atoms with van der Waals surface area (Å²) in [4.78, 5) is 27.2. The molecule has 26 heavy (non-hydrogen) atoms. The van der Waals surface area contributed by atoms with Crippen molar-refractivity contribution in [2.75, 3.05) is 0 Å². The van der Waals surface area contributed by atoms with Crippen molar-refractivity contribution in [3.05, 3.63) is 101 Å². The van der Waals surface area contributed by atoms with E-state index < -0.39 is 0 Å². The summed E-state index contributed by atoms with van der Waals surface area (Å²) in [5.74, 6) is -0.382. The summed E-state index contributed by atoms with van der Waals surface area (Å²) in [6, 6.07) is 23.3. The Morgan fingerprint density at radius 1 is 0.692 bits per heavy atom. The Bertz CT molecular complexity index is 992. The second-order valence-corrected chi connectivity index (χ2v) is 7.39. The first-order valence-corrected chi connectivity index (χ1v) is 9.18. The van der Waals surface area contributed by atoms with Crippen LogP contribution in [-0.4, -0.2) is 11.6 Å². The maximum absolute atomic E-state index is 12.5. The van der Waals surface area contributed by atoms with E-state index in [4.69, 9.17) is 0 Å². The van der Waals surface area contributed by atoms with Gasteiger partial charge in [0.2, 0.25) is 0 Å². The van der Waals surface area contributed by atoms with Gasteiger partial charge in [-0.2, -0.15) is 0 Å². The van der Waals surface area contributed by atoms with E-state index in [0.717, 1.165) is 10.5 Å². The molecule has 1 aliphatic carbocycles. The third-order valence-electron chi connectivity index (χ3n) is 4.35. The molecule has 3 heteroatoms. The quantitative estimate of drug-likeness (QED) is 0.452. The number of benzene rings is 3. The van der Waals surface area contributed by atoms with Crippen molar-refractivity contribution in [1.29, 1.82) is 0 Å². The van der Waals surface area contributed by atoms with Crippen LogP contribution >= 0.6 is 11.8 Å². The van der Waals surface area contributed by atoms with E-state index in [2.05, 4.69) is 31.2 Å². The van der Waals surface area contributed by atoms with Gasteiger partial charge in [0, 0.05) is 20.9 Å². The Balaban J connectivity index is 1.56. The molecular weight excluding hydrogens is 340 g/mol. The first-order chi connectivity index (χ1) is 12.6.